The summed E-state index contributed by atoms with van der Waals surface area (Å²) >= 11 is 0. The Morgan fingerprint density at radius 3 is 3.12 bits per heavy atom. The zero-order chi connectivity index (χ0) is 12.3. The predicted octanol–water partition coefficient (Wildman–Crippen LogP) is 0.660. The van der Waals surface area contributed by atoms with Crippen LogP contribution in [-0.2, 0) is 4.74 Å². The van der Waals surface area contributed by atoms with E-state index in [2.05, 4.69) is 22.0 Å². The molecule has 17 heavy (non-hydrogen) atoms. The molecule has 5 heteroatoms. The Kier molecular flexibility index (Phi) is 3.08. The summed E-state index contributed by atoms with van der Waals surface area (Å²) in [6, 6.07) is 3.49. The Morgan fingerprint density at radius 1 is 1.59 bits per heavy atom. The van der Waals surface area contributed by atoms with Crippen molar-refractivity contribution in [2.75, 3.05) is 13.7 Å². The first-order valence-electron chi connectivity index (χ1n) is 5.00. The molecule has 2 rings (SSSR count). The van der Waals surface area contributed by atoms with Crippen molar-refractivity contribution in [1.82, 2.24) is 10.2 Å². The highest BCUT2D eigenvalue weighted by molar-refractivity contribution is 6.03. The average Bonchev–Trinajstić information content (AvgIpc) is 2.82. The van der Waals surface area contributed by atoms with Crippen LogP contribution < -0.4 is 5.73 Å². The van der Waals surface area contributed by atoms with Crippen molar-refractivity contribution in [3.8, 4) is 11.8 Å². The Balaban J connectivity index is 2.62. The van der Waals surface area contributed by atoms with Gasteiger partial charge < -0.3 is 10.5 Å². The van der Waals surface area contributed by atoms with Crippen LogP contribution in [-0.4, -0.2) is 29.8 Å². The Bertz CT molecular complexity index is 619. The number of rotatable bonds is 1. The molecular weight excluding hydrogens is 218 g/mol. The van der Waals surface area contributed by atoms with E-state index in [1.165, 1.54) is 7.11 Å². The standard InChI is InChI=1S/C12H11N3O2/c1-17-12(16)9-5-8(3-2-4-13)6-11-10(9)7-14-15-11/h5-7H,4,13H2,1H3,(H,14,15). The van der Waals surface area contributed by atoms with Gasteiger partial charge in [0.25, 0.3) is 0 Å². The number of esters is 1. The van der Waals surface area contributed by atoms with E-state index in [1.54, 1.807) is 12.3 Å². The van der Waals surface area contributed by atoms with Gasteiger partial charge in [-0.3, -0.25) is 5.10 Å². The van der Waals surface area contributed by atoms with Gasteiger partial charge >= 0.3 is 5.97 Å². The highest BCUT2D eigenvalue weighted by Gasteiger charge is 2.12. The Hall–Kier alpha value is -2.32. The lowest BCUT2D eigenvalue weighted by Gasteiger charge is -2.01. The van der Waals surface area contributed by atoms with Crippen molar-refractivity contribution in [2.45, 2.75) is 0 Å². The molecule has 2 aromatic rings. The minimum atomic E-state index is -0.409. The number of carbonyl (C=O) groups excluding carboxylic acids is 1. The Morgan fingerprint density at radius 2 is 2.41 bits per heavy atom. The number of H-pyrrole nitrogens is 1. The van der Waals surface area contributed by atoms with Crippen LogP contribution in [0.4, 0.5) is 0 Å². The van der Waals surface area contributed by atoms with Crippen LogP contribution in [0.25, 0.3) is 10.9 Å². The number of fused-ring (bicyclic) bond motifs is 1. The number of methoxy groups -OCH3 is 1. The van der Waals surface area contributed by atoms with E-state index in [0.717, 1.165) is 10.9 Å². The third-order valence-corrected chi connectivity index (χ3v) is 2.30. The van der Waals surface area contributed by atoms with E-state index in [1.807, 2.05) is 6.07 Å². The molecule has 0 aliphatic carbocycles. The van der Waals surface area contributed by atoms with Crippen LogP contribution >= 0.6 is 0 Å². The van der Waals surface area contributed by atoms with Crippen molar-refractivity contribution >= 4 is 16.9 Å². The van der Waals surface area contributed by atoms with Crippen LogP contribution in [0.15, 0.2) is 18.3 Å². The molecule has 86 valence electrons. The van der Waals surface area contributed by atoms with Crippen LogP contribution in [0.5, 0.6) is 0 Å². The molecule has 3 N–H and O–H groups in total. The summed E-state index contributed by atoms with van der Waals surface area (Å²) in [6.07, 6.45) is 1.59. The molecule has 0 fully saturated rings. The van der Waals surface area contributed by atoms with E-state index >= 15 is 0 Å². The number of benzene rings is 1. The fraction of sp³-hybridized carbons (Fsp3) is 0.167. The van der Waals surface area contributed by atoms with Crippen LogP contribution in [0.2, 0.25) is 0 Å². The van der Waals surface area contributed by atoms with Crippen LogP contribution in [0, 0.1) is 11.8 Å². The summed E-state index contributed by atoms with van der Waals surface area (Å²) in [5, 5.41) is 7.41. The summed E-state index contributed by atoms with van der Waals surface area (Å²) in [4.78, 5) is 11.6. The molecule has 1 aromatic carbocycles. The zero-order valence-corrected chi connectivity index (χ0v) is 9.28. The number of nitrogens with one attached hydrogen (secondary N) is 1. The second-order valence-corrected chi connectivity index (χ2v) is 3.35. The molecule has 0 aliphatic heterocycles. The number of nitrogens with zero attached hydrogens (tertiary/aromatic N) is 1. The lowest BCUT2D eigenvalue weighted by molar-refractivity contribution is 0.0603. The molecule has 0 unspecified atom stereocenters. The summed E-state index contributed by atoms with van der Waals surface area (Å²) in [5.74, 6) is 5.20. The maximum atomic E-state index is 11.6. The monoisotopic (exact) mass is 229 g/mol. The number of aromatic amines is 1. The maximum absolute atomic E-state index is 11.6. The van der Waals surface area contributed by atoms with Crippen molar-refractivity contribution in [3.05, 3.63) is 29.5 Å². The molecule has 0 aliphatic rings. The zero-order valence-electron chi connectivity index (χ0n) is 9.28. The van der Waals surface area contributed by atoms with E-state index in [4.69, 9.17) is 10.5 Å². The smallest absolute Gasteiger partial charge is 0.338 e. The lowest BCUT2D eigenvalue weighted by atomic mass is 10.1. The maximum Gasteiger partial charge on any atom is 0.338 e. The molecule has 0 saturated heterocycles. The second kappa shape index (κ2) is 4.68. The normalized spacial score (nSPS) is 9.76. The van der Waals surface area contributed by atoms with Gasteiger partial charge in [-0.05, 0) is 12.1 Å². The van der Waals surface area contributed by atoms with Gasteiger partial charge in [-0.15, -0.1) is 0 Å². The number of hydrogen-bond acceptors (Lipinski definition) is 4. The van der Waals surface area contributed by atoms with Gasteiger partial charge in [0.15, 0.2) is 0 Å². The number of carbonyl (C=O) groups is 1. The van der Waals surface area contributed by atoms with Gasteiger partial charge in [0.05, 0.1) is 30.9 Å². The summed E-state index contributed by atoms with van der Waals surface area (Å²) in [5.41, 5.74) is 7.20. The minimum Gasteiger partial charge on any atom is -0.465 e. The quantitative estimate of drug-likeness (QED) is 0.556. The molecule has 0 atom stereocenters. The molecule has 0 saturated carbocycles. The number of ether oxygens (including phenoxy) is 1. The first-order valence-corrected chi connectivity index (χ1v) is 5.00. The van der Waals surface area contributed by atoms with Gasteiger partial charge in [-0.25, -0.2) is 4.79 Å². The van der Waals surface area contributed by atoms with E-state index < -0.39 is 5.97 Å². The molecular formula is C12H11N3O2. The van der Waals surface area contributed by atoms with Crippen molar-refractivity contribution < 1.29 is 9.53 Å². The fourth-order valence-electron chi connectivity index (χ4n) is 1.56. The molecule has 0 amide bonds. The number of aromatic nitrogens is 2. The molecule has 0 radical (unpaired) electrons. The molecule has 1 heterocycles. The third kappa shape index (κ3) is 2.12. The molecule has 0 bridgehead atoms. The summed E-state index contributed by atoms with van der Waals surface area (Å²) in [7, 11) is 1.34. The first kappa shape index (κ1) is 11.2. The van der Waals surface area contributed by atoms with Gasteiger partial charge in [-0.1, -0.05) is 11.8 Å². The predicted molar refractivity (Wildman–Crippen MR) is 63.4 cm³/mol. The molecule has 0 spiro atoms. The second-order valence-electron chi connectivity index (χ2n) is 3.35. The SMILES string of the molecule is COC(=O)c1cc(C#CCN)cc2[nH]ncc12. The van der Waals surface area contributed by atoms with Gasteiger partial charge in [0.1, 0.15) is 0 Å². The number of nitrogens with two attached hydrogens (primary N) is 1. The minimum absolute atomic E-state index is 0.272. The van der Waals surface area contributed by atoms with Crippen LogP contribution in [0.1, 0.15) is 15.9 Å². The number of hydrogen-bond donors (Lipinski definition) is 2. The van der Waals surface area contributed by atoms with Crippen molar-refractivity contribution in [3.63, 3.8) is 0 Å². The van der Waals surface area contributed by atoms with Crippen molar-refractivity contribution in [2.24, 2.45) is 5.73 Å². The highest BCUT2D eigenvalue weighted by Crippen LogP contribution is 2.19. The Labute approximate surface area is 97.9 Å². The molecule has 1 aromatic heterocycles. The van der Waals surface area contributed by atoms with Gasteiger partial charge in [0.2, 0.25) is 0 Å². The molecule has 5 nitrogen and oxygen atoms in total. The third-order valence-electron chi connectivity index (χ3n) is 2.30. The summed E-state index contributed by atoms with van der Waals surface area (Å²) in [6.45, 7) is 0.272. The van der Waals surface area contributed by atoms with Gasteiger partial charge in [0, 0.05) is 10.9 Å². The van der Waals surface area contributed by atoms with Gasteiger partial charge in [-0.2, -0.15) is 5.10 Å². The van der Waals surface area contributed by atoms with E-state index in [0.29, 0.717) is 11.1 Å². The lowest BCUT2D eigenvalue weighted by Crippen LogP contribution is -2.02. The topological polar surface area (TPSA) is 81.0 Å². The first-order chi connectivity index (χ1) is 8.26. The van der Waals surface area contributed by atoms with Crippen molar-refractivity contribution in [1.29, 1.82) is 0 Å². The average molecular weight is 229 g/mol. The van der Waals surface area contributed by atoms with E-state index in [-0.39, 0.29) is 6.54 Å². The van der Waals surface area contributed by atoms with E-state index in [9.17, 15) is 4.79 Å². The van der Waals surface area contributed by atoms with Crippen LogP contribution in [0.3, 0.4) is 0 Å². The fourth-order valence-corrected chi connectivity index (χ4v) is 1.56. The largest absolute Gasteiger partial charge is 0.465 e. The summed E-state index contributed by atoms with van der Waals surface area (Å²) < 4.78 is 4.72. The highest BCUT2D eigenvalue weighted by atomic mass is 16.5.